The second-order valence-corrected chi connectivity index (χ2v) is 4.31. The van der Waals surface area contributed by atoms with E-state index in [1.807, 2.05) is 0 Å². The lowest BCUT2D eigenvalue weighted by Gasteiger charge is -2.13. The van der Waals surface area contributed by atoms with Crippen molar-refractivity contribution in [2.75, 3.05) is 11.9 Å². The number of rotatable bonds is 4. The number of hydrogen-bond donors (Lipinski definition) is 2. The van der Waals surface area contributed by atoms with E-state index in [9.17, 15) is 18.0 Å². The van der Waals surface area contributed by atoms with E-state index >= 15 is 0 Å². The Morgan fingerprint density at radius 2 is 2.25 bits per heavy atom. The Balaban J connectivity index is 1.90. The molecule has 1 aromatic heterocycles. The number of carboxylic acid groups (broad SMARTS) is 1. The zero-order valence-corrected chi connectivity index (χ0v) is 10.2. The minimum absolute atomic E-state index is 0.158. The zero-order valence-electron chi connectivity index (χ0n) is 10.2. The van der Waals surface area contributed by atoms with E-state index < -0.39 is 23.9 Å². The van der Waals surface area contributed by atoms with Crippen molar-refractivity contribution in [3.05, 3.63) is 18.0 Å². The molecular weight excluding hydrogens is 279 g/mol. The van der Waals surface area contributed by atoms with Crippen LogP contribution in [0.2, 0.25) is 0 Å². The summed E-state index contributed by atoms with van der Waals surface area (Å²) in [4.78, 5) is 17.7. The van der Waals surface area contributed by atoms with Gasteiger partial charge in [-0.2, -0.15) is 13.2 Å². The molecule has 6 nitrogen and oxygen atoms in total. The van der Waals surface area contributed by atoms with E-state index in [0.29, 0.717) is 12.8 Å². The molecule has 0 saturated carbocycles. The molecule has 0 aromatic carbocycles. The number of carbonyl (C=O) groups is 1. The Hall–Kier alpha value is -1.90. The number of aromatic nitrogens is 2. The molecule has 0 bridgehead atoms. The van der Waals surface area contributed by atoms with E-state index in [4.69, 9.17) is 9.84 Å². The first-order valence-corrected chi connectivity index (χ1v) is 5.88. The number of nitrogens with zero attached hydrogens (tertiary/aromatic N) is 2. The first kappa shape index (κ1) is 14.5. The summed E-state index contributed by atoms with van der Waals surface area (Å²) in [5.41, 5.74) is -1.04. The van der Waals surface area contributed by atoms with Crippen LogP contribution in [0.5, 0.6) is 0 Å². The highest BCUT2D eigenvalue weighted by Gasteiger charge is 2.33. The molecule has 20 heavy (non-hydrogen) atoms. The molecule has 2 atom stereocenters. The summed E-state index contributed by atoms with van der Waals surface area (Å²) in [6.45, 7) is 0.158. The first-order valence-electron chi connectivity index (χ1n) is 5.88. The minimum atomic E-state index is -4.53. The lowest BCUT2D eigenvalue weighted by Crippen LogP contribution is -2.25. The Morgan fingerprint density at radius 3 is 2.85 bits per heavy atom. The quantitative estimate of drug-likeness (QED) is 0.875. The Kier molecular flexibility index (Phi) is 4.07. The molecule has 1 aromatic rings. The average Bonchev–Trinajstić information content (AvgIpc) is 2.85. The maximum atomic E-state index is 12.4. The minimum Gasteiger partial charge on any atom is -0.479 e. The molecule has 0 radical (unpaired) electrons. The van der Waals surface area contributed by atoms with Gasteiger partial charge in [-0.1, -0.05) is 0 Å². The summed E-state index contributed by atoms with van der Waals surface area (Å²) in [7, 11) is 0. The Labute approximate surface area is 112 Å². The predicted molar refractivity (Wildman–Crippen MR) is 61.1 cm³/mol. The van der Waals surface area contributed by atoms with Gasteiger partial charge in [0.2, 0.25) is 5.95 Å². The molecule has 1 saturated heterocycles. The highest BCUT2D eigenvalue weighted by Crippen LogP contribution is 2.27. The van der Waals surface area contributed by atoms with Crippen molar-refractivity contribution in [1.29, 1.82) is 0 Å². The molecule has 2 rings (SSSR count). The highest BCUT2D eigenvalue weighted by molar-refractivity contribution is 5.72. The van der Waals surface area contributed by atoms with Crippen LogP contribution in [0.25, 0.3) is 0 Å². The number of ether oxygens (including phenoxy) is 1. The van der Waals surface area contributed by atoms with Gasteiger partial charge in [-0.3, -0.25) is 0 Å². The standard InChI is InChI=1S/C11H12F3N3O3/c12-11(13,14)8-3-4-15-10(17-8)16-5-6-1-2-7(20-6)9(18)19/h3-4,6-7H,1-2,5H2,(H,18,19)(H,15,16,17). The molecule has 1 aliphatic rings. The van der Waals surface area contributed by atoms with Gasteiger partial charge in [0.25, 0.3) is 0 Å². The summed E-state index contributed by atoms with van der Waals surface area (Å²) >= 11 is 0. The van der Waals surface area contributed by atoms with E-state index in [2.05, 4.69) is 15.3 Å². The van der Waals surface area contributed by atoms with Gasteiger partial charge >= 0.3 is 12.1 Å². The SMILES string of the molecule is O=C(O)C1CCC(CNc2nccc(C(F)(F)F)n2)O1. The number of aliphatic carboxylic acids is 1. The van der Waals surface area contributed by atoms with Crippen molar-refractivity contribution >= 4 is 11.9 Å². The van der Waals surface area contributed by atoms with Crippen molar-refractivity contribution in [2.45, 2.75) is 31.2 Å². The van der Waals surface area contributed by atoms with E-state index in [-0.39, 0.29) is 18.6 Å². The lowest BCUT2D eigenvalue weighted by atomic mass is 10.2. The van der Waals surface area contributed by atoms with Crippen LogP contribution in [0.1, 0.15) is 18.5 Å². The number of anilines is 1. The van der Waals surface area contributed by atoms with Crippen LogP contribution in [-0.4, -0.2) is 39.8 Å². The summed E-state index contributed by atoms with van der Waals surface area (Å²) in [5, 5.41) is 11.4. The van der Waals surface area contributed by atoms with Crippen molar-refractivity contribution in [2.24, 2.45) is 0 Å². The fourth-order valence-corrected chi connectivity index (χ4v) is 1.84. The second kappa shape index (κ2) is 5.61. The third-order valence-corrected chi connectivity index (χ3v) is 2.82. The Morgan fingerprint density at radius 1 is 1.50 bits per heavy atom. The van der Waals surface area contributed by atoms with Gasteiger partial charge in [-0.15, -0.1) is 0 Å². The molecule has 2 N–H and O–H groups in total. The predicted octanol–water partition coefficient (Wildman–Crippen LogP) is 1.54. The normalized spacial score (nSPS) is 22.8. The fourth-order valence-electron chi connectivity index (χ4n) is 1.84. The molecule has 2 heterocycles. The number of nitrogens with one attached hydrogen (secondary N) is 1. The van der Waals surface area contributed by atoms with E-state index in [1.54, 1.807) is 0 Å². The number of hydrogen-bond acceptors (Lipinski definition) is 5. The Bertz CT molecular complexity index is 495. The lowest BCUT2D eigenvalue weighted by molar-refractivity contribution is -0.149. The molecule has 1 fully saturated rings. The smallest absolute Gasteiger partial charge is 0.433 e. The second-order valence-electron chi connectivity index (χ2n) is 4.31. The summed E-state index contributed by atoms with van der Waals surface area (Å²) in [5.74, 6) is -1.20. The maximum Gasteiger partial charge on any atom is 0.433 e. The van der Waals surface area contributed by atoms with Crippen molar-refractivity contribution < 1.29 is 27.8 Å². The van der Waals surface area contributed by atoms with Gasteiger partial charge < -0.3 is 15.2 Å². The van der Waals surface area contributed by atoms with Gasteiger partial charge in [0.15, 0.2) is 6.10 Å². The molecular formula is C11H12F3N3O3. The monoisotopic (exact) mass is 291 g/mol. The summed E-state index contributed by atoms with van der Waals surface area (Å²) < 4.78 is 42.5. The molecule has 0 aliphatic carbocycles. The van der Waals surface area contributed by atoms with Crippen LogP contribution < -0.4 is 5.32 Å². The molecule has 2 unspecified atom stereocenters. The van der Waals surface area contributed by atoms with Gasteiger partial charge in [-0.25, -0.2) is 14.8 Å². The summed E-state index contributed by atoms with van der Waals surface area (Å²) in [6, 6.07) is 0.776. The van der Waals surface area contributed by atoms with E-state index in [1.165, 1.54) is 0 Å². The third-order valence-electron chi connectivity index (χ3n) is 2.82. The number of carboxylic acids is 1. The van der Waals surface area contributed by atoms with Gasteiger partial charge in [0, 0.05) is 12.7 Å². The zero-order chi connectivity index (χ0) is 14.8. The maximum absolute atomic E-state index is 12.4. The van der Waals surface area contributed by atoms with Crippen LogP contribution in [0.3, 0.4) is 0 Å². The van der Waals surface area contributed by atoms with E-state index in [0.717, 1.165) is 12.3 Å². The van der Waals surface area contributed by atoms with Crippen LogP contribution in [0.4, 0.5) is 19.1 Å². The molecule has 0 spiro atoms. The van der Waals surface area contributed by atoms with Crippen molar-refractivity contribution in [3.8, 4) is 0 Å². The summed E-state index contributed by atoms with van der Waals surface area (Å²) in [6.07, 6.45) is -3.86. The first-order chi connectivity index (χ1) is 9.36. The van der Waals surface area contributed by atoms with Crippen molar-refractivity contribution in [3.63, 3.8) is 0 Å². The topological polar surface area (TPSA) is 84.3 Å². The van der Waals surface area contributed by atoms with Crippen LogP contribution in [-0.2, 0) is 15.7 Å². The van der Waals surface area contributed by atoms with Gasteiger partial charge in [0.1, 0.15) is 5.69 Å². The highest BCUT2D eigenvalue weighted by atomic mass is 19.4. The molecule has 1 aliphatic heterocycles. The largest absolute Gasteiger partial charge is 0.479 e. The number of halogens is 3. The fraction of sp³-hybridized carbons (Fsp3) is 0.545. The molecule has 0 amide bonds. The van der Waals surface area contributed by atoms with Crippen molar-refractivity contribution in [1.82, 2.24) is 9.97 Å². The number of alkyl halides is 3. The van der Waals surface area contributed by atoms with Crippen LogP contribution in [0, 0.1) is 0 Å². The molecule has 110 valence electrons. The van der Waals surface area contributed by atoms with Crippen LogP contribution >= 0.6 is 0 Å². The van der Waals surface area contributed by atoms with Gasteiger partial charge in [0.05, 0.1) is 6.10 Å². The average molecular weight is 291 g/mol. The van der Waals surface area contributed by atoms with Gasteiger partial charge in [-0.05, 0) is 18.9 Å². The van der Waals surface area contributed by atoms with Crippen LogP contribution in [0.15, 0.2) is 12.3 Å². The third kappa shape index (κ3) is 3.56. The molecule has 9 heteroatoms.